The Balaban J connectivity index is 2.01. The van der Waals surface area contributed by atoms with Gasteiger partial charge in [-0.05, 0) is 36.1 Å². The van der Waals surface area contributed by atoms with Gasteiger partial charge in [-0.2, -0.15) is 0 Å². The van der Waals surface area contributed by atoms with Crippen molar-refractivity contribution >= 4 is 27.6 Å². The van der Waals surface area contributed by atoms with E-state index in [0.29, 0.717) is 6.54 Å². The summed E-state index contributed by atoms with van der Waals surface area (Å²) >= 11 is 3.48. The lowest BCUT2D eigenvalue weighted by atomic mass is 10.1. The van der Waals surface area contributed by atoms with Gasteiger partial charge >= 0.3 is 6.03 Å². The number of hydrogen-bond donors (Lipinski definition) is 2. The number of aryl methyl sites for hydroxylation is 2. The number of amides is 2. The standard InChI is InChI=1S/C17H19BrN2O/c1-3-13-9-6-7-12(2)16(13)20-17(21)19-11-14-8-4-5-10-15(14)18/h4-10H,3,11H2,1-2H3,(H2,19,20,21). The Bertz CT molecular complexity index is 640. The molecule has 0 unspecified atom stereocenters. The highest BCUT2D eigenvalue weighted by Gasteiger charge is 2.08. The number of halogens is 1. The lowest BCUT2D eigenvalue weighted by molar-refractivity contribution is 0.251. The number of anilines is 1. The Morgan fingerprint density at radius 2 is 1.81 bits per heavy atom. The Labute approximate surface area is 133 Å². The third kappa shape index (κ3) is 4.08. The zero-order valence-corrected chi connectivity index (χ0v) is 13.8. The number of hydrogen-bond acceptors (Lipinski definition) is 1. The summed E-state index contributed by atoms with van der Waals surface area (Å²) in [5.41, 5.74) is 4.18. The van der Waals surface area contributed by atoms with E-state index < -0.39 is 0 Å². The maximum Gasteiger partial charge on any atom is 0.319 e. The van der Waals surface area contributed by atoms with Crippen molar-refractivity contribution in [1.29, 1.82) is 0 Å². The van der Waals surface area contributed by atoms with E-state index >= 15 is 0 Å². The smallest absolute Gasteiger partial charge is 0.319 e. The zero-order valence-electron chi connectivity index (χ0n) is 12.2. The lowest BCUT2D eigenvalue weighted by Gasteiger charge is -2.14. The fraction of sp³-hybridized carbons (Fsp3) is 0.235. The van der Waals surface area contributed by atoms with Crippen LogP contribution in [0, 0.1) is 6.92 Å². The number of carbonyl (C=O) groups is 1. The molecule has 0 saturated carbocycles. The van der Waals surface area contributed by atoms with Crippen molar-refractivity contribution in [1.82, 2.24) is 5.32 Å². The van der Waals surface area contributed by atoms with E-state index in [1.54, 1.807) is 0 Å². The van der Waals surface area contributed by atoms with Gasteiger partial charge in [0.1, 0.15) is 0 Å². The zero-order chi connectivity index (χ0) is 15.2. The van der Waals surface area contributed by atoms with Crippen LogP contribution in [0.1, 0.15) is 23.6 Å². The van der Waals surface area contributed by atoms with Gasteiger partial charge in [0.15, 0.2) is 0 Å². The van der Waals surface area contributed by atoms with Gasteiger partial charge in [0.2, 0.25) is 0 Å². The van der Waals surface area contributed by atoms with Gasteiger partial charge in [-0.3, -0.25) is 0 Å². The Kier molecular flexibility index (Phi) is 5.39. The van der Waals surface area contributed by atoms with E-state index in [2.05, 4.69) is 33.5 Å². The van der Waals surface area contributed by atoms with Crippen LogP contribution in [0.5, 0.6) is 0 Å². The number of para-hydroxylation sites is 1. The molecule has 0 heterocycles. The molecule has 0 aliphatic rings. The largest absolute Gasteiger partial charge is 0.334 e. The van der Waals surface area contributed by atoms with Gasteiger partial charge in [0, 0.05) is 16.7 Å². The first-order valence-corrected chi connectivity index (χ1v) is 7.78. The third-order valence-corrected chi connectivity index (χ3v) is 4.15. The van der Waals surface area contributed by atoms with Gasteiger partial charge in [-0.25, -0.2) is 4.79 Å². The molecule has 0 bridgehead atoms. The molecule has 21 heavy (non-hydrogen) atoms. The van der Waals surface area contributed by atoms with Gasteiger partial charge < -0.3 is 10.6 Å². The maximum absolute atomic E-state index is 12.1. The Hall–Kier alpha value is -1.81. The molecule has 2 N–H and O–H groups in total. The minimum Gasteiger partial charge on any atom is -0.334 e. The minimum absolute atomic E-state index is 0.185. The third-order valence-electron chi connectivity index (χ3n) is 3.38. The van der Waals surface area contributed by atoms with Crippen LogP contribution in [-0.4, -0.2) is 6.03 Å². The predicted octanol–water partition coefficient (Wildman–Crippen LogP) is 4.64. The van der Waals surface area contributed by atoms with Crippen molar-refractivity contribution in [3.8, 4) is 0 Å². The highest BCUT2D eigenvalue weighted by Crippen LogP contribution is 2.21. The van der Waals surface area contributed by atoms with E-state index in [4.69, 9.17) is 0 Å². The molecule has 0 aromatic heterocycles. The van der Waals surface area contributed by atoms with Crippen LogP contribution >= 0.6 is 15.9 Å². The molecule has 2 aromatic carbocycles. The molecule has 110 valence electrons. The number of urea groups is 1. The van der Waals surface area contributed by atoms with Gasteiger partial charge in [-0.15, -0.1) is 0 Å². The number of rotatable bonds is 4. The first kappa shape index (κ1) is 15.6. The van der Waals surface area contributed by atoms with Crippen molar-refractivity contribution in [2.75, 3.05) is 5.32 Å². The van der Waals surface area contributed by atoms with E-state index in [1.165, 1.54) is 0 Å². The summed E-state index contributed by atoms with van der Waals surface area (Å²) in [4.78, 5) is 12.1. The van der Waals surface area contributed by atoms with Crippen LogP contribution in [0.4, 0.5) is 10.5 Å². The molecule has 0 radical (unpaired) electrons. The molecule has 0 aliphatic carbocycles. The van der Waals surface area contributed by atoms with Gasteiger partial charge in [0.05, 0.1) is 0 Å². The van der Waals surface area contributed by atoms with Crippen LogP contribution < -0.4 is 10.6 Å². The molecule has 2 rings (SSSR count). The second kappa shape index (κ2) is 7.27. The van der Waals surface area contributed by atoms with Crippen LogP contribution in [0.25, 0.3) is 0 Å². The number of carbonyl (C=O) groups excluding carboxylic acids is 1. The van der Waals surface area contributed by atoms with Crippen LogP contribution in [-0.2, 0) is 13.0 Å². The summed E-state index contributed by atoms with van der Waals surface area (Å²) < 4.78 is 0.996. The molecule has 4 heteroatoms. The van der Waals surface area contributed by atoms with Crippen molar-refractivity contribution in [2.24, 2.45) is 0 Å². The van der Waals surface area contributed by atoms with E-state index in [-0.39, 0.29) is 6.03 Å². The Morgan fingerprint density at radius 1 is 1.10 bits per heavy atom. The first-order chi connectivity index (χ1) is 10.1. The lowest BCUT2D eigenvalue weighted by Crippen LogP contribution is -2.29. The molecule has 0 spiro atoms. The van der Waals surface area contributed by atoms with E-state index in [1.807, 2.05) is 49.4 Å². The van der Waals surface area contributed by atoms with E-state index in [9.17, 15) is 4.79 Å². The normalized spacial score (nSPS) is 10.2. The quantitative estimate of drug-likeness (QED) is 0.831. The summed E-state index contributed by atoms with van der Waals surface area (Å²) in [6, 6.07) is 13.7. The average molecular weight is 347 g/mol. The monoisotopic (exact) mass is 346 g/mol. The molecule has 0 saturated heterocycles. The summed E-state index contributed by atoms with van der Waals surface area (Å²) in [7, 11) is 0. The summed E-state index contributed by atoms with van der Waals surface area (Å²) in [6.07, 6.45) is 0.890. The summed E-state index contributed by atoms with van der Waals surface area (Å²) in [5, 5.41) is 5.84. The fourth-order valence-electron chi connectivity index (χ4n) is 2.18. The molecule has 2 amide bonds. The minimum atomic E-state index is -0.185. The van der Waals surface area contributed by atoms with Crippen LogP contribution in [0.2, 0.25) is 0 Å². The first-order valence-electron chi connectivity index (χ1n) is 6.98. The van der Waals surface area contributed by atoms with E-state index in [0.717, 1.165) is 33.3 Å². The SMILES string of the molecule is CCc1cccc(C)c1NC(=O)NCc1ccccc1Br. The maximum atomic E-state index is 12.1. The molecule has 0 fully saturated rings. The topological polar surface area (TPSA) is 41.1 Å². The van der Waals surface area contributed by atoms with Crippen molar-refractivity contribution < 1.29 is 4.79 Å². The number of benzene rings is 2. The predicted molar refractivity (Wildman–Crippen MR) is 90.6 cm³/mol. The molecule has 0 aliphatic heterocycles. The van der Waals surface area contributed by atoms with Crippen molar-refractivity contribution in [3.05, 3.63) is 63.6 Å². The molecule has 2 aromatic rings. The average Bonchev–Trinajstić information content (AvgIpc) is 2.48. The second-order valence-electron chi connectivity index (χ2n) is 4.86. The van der Waals surface area contributed by atoms with Crippen LogP contribution in [0.15, 0.2) is 46.9 Å². The summed E-state index contributed by atoms with van der Waals surface area (Å²) in [6.45, 7) is 4.57. The second-order valence-corrected chi connectivity index (χ2v) is 5.72. The summed E-state index contributed by atoms with van der Waals surface area (Å²) in [5.74, 6) is 0. The van der Waals surface area contributed by atoms with Gasteiger partial charge in [0.25, 0.3) is 0 Å². The van der Waals surface area contributed by atoms with Gasteiger partial charge in [-0.1, -0.05) is 59.3 Å². The van der Waals surface area contributed by atoms with Crippen LogP contribution in [0.3, 0.4) is 0 Å². The molecular formula is C17H19BrN2O. The highest BCUT2D eigenvalue weighted by molar-refractivity contribution is 9.10. The van der Waals surface area contributed by atoms with Crippen molar-refractivity contribution in [3.63, 3.8) is 0 Å². The highest BCUT2D eigenvalue weighted by atomic mass is 79.9. The molecular weight excluding hydrogens is 328 g/mol. The number of nitrogens with one attached hydrogen (secondary N) is 2. The molecule has 3 nitrogen and oxygen atoms in total. The fourth-order valence-corrected chi connectivity index (χ4v) is 2.60. The van der Waals surface area contributed by atoms with Crippen molar-refractivity contribution in [2.45, 2.75) is 26.8 Å². The Morgan fingerprint density at radius 3 is 2.52 bits per heavy atom. The molecule has 0 atom stereocenters.